The third-order valence-corrected chi connectivity index (χ3v) is 5.15. The summed E-state index contributed by atoms with van der Waals surface area (Å²) in [5, 5.41) is 2.83. The molecule has 10 heteroatoms. The van der Waals surface area contributed by atoms with Gasteiger partial charge >= 0.3 is 6.18 Å². The van der Waals surface area contributed by atoms with Crippen LogP contribution in [0.1, 0.15) is 12.1 Å². The van der Waals surface area contributed by atoms with Crippen molar-refractivity contribution in [1.29, 1.82) is 0 Å². The number of rotatable bonds is 2. The summed E-state index contributed by atoms with van der Waals surface area (Å²) in [5.74, 6) is -1.67. The number of aromatic nitrogens is 1. The molecule has 0 aromatic carbocycles. The summed E-state index contributed by atoms with van der Waals surface area (Å²) in [6.07, 6.45) is -4.37. The molecule has 1 aliphatic heterocycles. The molecule has 1 aromatic rings. The first-order valence-corrected chi connectivity index (χ1v) is 7.91. The predicted molar refractivity (Wildman–Crippen MR) is 62.5 cm³/mol. The van der Waals surface area contributed by atoms with Crippen LogP contribution in [-0.2, 0) is 20.8 Å². The monoisotopic (exact) mass is 314 g/mol. The second-order valence-corrected chi connectivity index (χ2v) is 7.21. The Hall–Kier alpha value is -1.16. The molecule has 1 N–H and O–H groups in total. The molecule has 0 spiro atoms. The van der Waals surface area contributed by atoms with E-state index in [2.05, 4.69) is 10.3 Å². The van der Waals surface area contributed by atoms with Gasteiger partial charge in [0.15, 0.2) is 20.7 Å². The molecule has 1 fully saturated rings. The molecule has 19 heavy (non-hydrogen) atoms. The van der Waals surface area contributed by atoms with Crippen LogP contribution in [0.25, 0.3) is 0 Å². The summed E-state index contributed by atoms with van der Waals surface area (Å²) in [6.45, 7) is 0. The van der Waals surface area contributed by atoms with Crippen LogP contribution in [-0.4, -0.2) is 30.8 Å². The summed E-state index contributed by atoms with van der Waals surface area (Å²) in [6, 6.07) is 0. The van der Waals surface area contributed by atoms with Crippen molar-refractivity contribution in [2.45, 2.75) is 12.6 Å². The maximum atomic E-state index is 12.3. The molecule has 0 radical (unpaired) electrons. The van der Waals surface area contributed by atoms with Crippen molar-refractivity contribution < 1.29 is 26.4 Å². The Morgan fingerprint density at radius 2 is 2.16 bits per heavy atom. The predicted octanol–water partition coefficient (Wildman–Crippen LogP) is 1.54. The van der Waals surface area contributed by atoms with Crippen LogP contribution in [0.3, 0.4) is 0 Å². The third kappa shape index (κ3) is 3.44. The number of carbonyl (C=O) groups excluding carboxylic acids is 1. The number of nitrogens with zero attached hydrogens (tertiary/aromatic N) is 1. The van der Waals surface area contributed by atoms with E-state index in [0.717, 1.165) is 5.38 Å². The van der Waals surface area contributed by atoms with E-state index in [4.69, 9.17) is 0 Å². The van der Waals surface area contributed by atoms with Gasteiger partial charge in [0.05, 0.1) is 17.4 Å². The highest BCUT2D eigenvalue weighted by Crippen LogP contribution is 2.32. The highest BCUT2D eigenvalue weighted by atomic mass is 32.2. The van der Waals surface area contributed by atoms with E-state index in [1.165, 1.54) is 0 Å². The van der Waals surface area contributed by atoms with Gasteiger partial charge in [-0.3, -0.25) is 4.79 Å². The number of alkyl halides is 3. The van der Waals surface area contributed by atoms with E-state index in [0.29, 0.717) is 11.3 Å². The minimum absolute atomic E-state index is 0.0727. The number of halogens is 3. The molecule has 2 rings (SSSR count). The van der Waals surface area contributed by atoms with E-state index in [9.17, 15) is 26.4 Å². The van der Waals surface area contributed by atoms with Gasteiger partial charge in [-0.25, -0.2) is 13.4 Å². The maximum absolute atomic E-state index is 12.3. The van der Waals surface area contributed by atoms with Gasteiger partial charge in [0.25, 0.3) is 0 Å². The lowest BCUT2D eigenvalue weighted by Gasteiger charge is -2.06. The Morgan fingerprint density at radius 1 is 1.47 bits per heavy atom. The van der Waals surface area contributed by atoms with Crippen LogP contribution in [0.15, 0.2) is 5.38 Å². The van der Waals surface area contributed by atoms with Gasteiger partial charge in [0.1, 0.15) is 0 Å². The van der Waals surface area contributed by atoms with Crippen molar-refractivity contribution >= 4 is 32.2 Å². The number of nitrogens with one attached hydrogen (secondary N) is 1. The minimum atomic E-state index is -4.56. The standard InChI is InChI=1S/C9H9F3N2O3S2/c10-9(11,12)6-3-18-8(13-6)14-7(15)5-1-2-19(16,17)4-5/h3,5H,1-2,4H2,(H,13,14,15)/t5-/m0/s1. The molecule has 0 unspecified atom stereocenters. The van der Waals surface area contributed by atoms with Gasteiger partial charge in [-0.2, -0.15) is 13.2 Å². The van der Waals surface area contributed by atoms with Gasteiger partial charge in [0.2, 0.25) is 5.91 Å². The zero-order valence-corrected chi connectivity index (χ0v) is 11.0. The average molecular weight is 314 g/mol. The van der Waals surface area contributed by atoms with E-state index in [-0.39, 0.29) is 23.1 Å². The van der Waals surface area contributed by atoms with Gasteiger partial charge in [-0.15, -0.1) is 11.3 Å². The maximum Gasteiger partial charge on any atom is 0.434 e. The molecule has 0 saturated carbocycles. The van der Waals surface area contributed by atoms with Crippen molar-refractivity contribution in [3.8, 4) is 0 Å². The highest BCUT2D eigenvalue weighted by molar-refractivity contribution is 7.91. The second-order valence-electron chi connectivity index (χ2n) is 4.12. The highest BCUT2D eigenvalue weighted by Gasteiger charge is 2.35. The van der Waals surface area contributed by atoms with Crippen LogP contribution >= 0.6 is 11.3 Å². The van der Waals surface area contributed by atoms with E-state index in [1.54, 1.807) is 0 Å². The summed E-state index contributed by atoms with van der Waals surface area (Å²) in [4.78, 5) is 14.9. The fourth-order valence-corrected chi connectivity index (χ4v) is 4.13. The smallest absolute Gasteiger partial charge is 0.302 e. The van der Waals surface area contributed by atoms with Crippen molar-refractivity contribution in [1.82, 2.24) is 4.98 Å². The molecule has 106 valence electrons. The zero-order chi connectivity index (χ0) is 14.3. The SMILES string of the molecule is O=C(Nc1nc(C(F)(F)F)cs1)[C@H]1CCS(=O)(=O)C1. The Labute approximate surface area is 110 Å². The molecule has 5 nitrogen and oxygen atoms in total. The van der Waals surface area contributed by atoms with Gasteiger partial charge in [0, 0.05) is 5.38 Å². The number of sulfone groups is 1. The number of anilines is 1. The molecule has 1 atom stereocenters. The molecule has 1 saturated heterocycles. The summed E-state index contributed by atoms with van der Waals surface area (Å²) >= 11 is 0.651. The number of thiazole rings is 1. The van der Waals surface area contributed by atoms with Crippen molar-refractivity contribution in [2.24, 2.45) is 5.92 Å². The summed E-state index contributed by atoms with van der Waals surface area (Å²) < 4.78 is 59.3. The van der Waals surface area contributed by atoms with Gasteiger partial charge < -0.3 is 5.32 Å². The van der Waals surface area contributed by atoms with Crippen LogP contribution in [0.5, 0.6) is 0 Å². The Kier molecular flexibility index (Phi) is 3.56. The topological polar surface area (TPSA) is 76.1 Å². The zero-order valence-electron chi connectivity index (χ0n) is 9.40. The molecular formula is C9H9F3N2O3S2. The Balaban J connectivity index is 2.02. The average Bonchev–Trinajstić information content (AvgIpc) is 2.83. The lowest BCUT2D eigenvalue weighted by molar-refractivity contribution is -0.140. The first kappa shape index (κ1) is 14.3. The second kappa shape index (κ2) is 4.75. The van der Waals surface area contributed by atoms with Gasteiger partial charge in [-0.05, 0) is 6.42 Å². The molecule has 1 aromatic heterocycles. The van der Waals surface area contributed by atoms with Crippen LogP contribution < -0.4 is 5.32 Å². The molecule has 1 aliphatic rings. The number of hydrogen-bond acceptors (Lipinski definition) is 5. The fourth-order valence-electron chi connectivity index (χ4n) is 1.67. The lowest BCUT2D eigenvalue weighted by Crippen LogP contribution is -2.23. The van der Waals surface area contributed by atoms with Gasteiger partial charge in [-0.1, -0.05) is 0 Å². The summed E-state index contributed by atoms with van der Waals surface area (Å²) in [5.41, 5.74) is -1.08. The van der Waals surface area contributed by atoms with Crippen molar-refractivity contribution in [3.05, 3.63) is 11.1 Å². The lowest BCUT2D eigenvalue weighted by atomic mass is 10.1. The fraction of sp³-hybridized carbons (Fsp3) is 0.556. The molecular weight excluding hydrogens is 305 g/mol. The Morgan fingerprint density at radius 3 is 2.63 bits per heavy atom. The number of amides is 1. The van der Waals surface area contributed by atoms with Crippen molar-refractivity contribution in [3.63, 3.8) is 0 Å². The van der Waals surface area contributed by atoms with E-state index >= 15 is 0 Å². The normalized spacial score (nSPS) is 22.4. The minimum Gasteiger partial charge on any atom is -0.302 e. The number of carbonyl (C=O) groups is 1. The largest absolute Gasteiger partial charge is 0.434 e. The quantitative estimate of drug-likeness (QED) is 0.898. The molecule has 0 aliphatic carbocycles. The van der Waals surface area contributed by atoms with Crippen LogP contribution in [0, 0.1) is 5.92 Å². The summed E-state index contributed by atoms with van der Waals surface area (Å²) in [7, 11) is -3.21. The molecule has 2 heterocycles. The number of hydrogen-bond donors (Lipinski definition) is 1. The third-order valence-electron chi connectivity index (χ3n) is 2.63. The molecule has 0 bridgehead atoms. The first-order chi connectivity index (χ1) is 8.67. The first-order valence-electron chi connectivity index (χ1n) is 5.21. The van der Waals surface area contributed by atoms with E-state index in [1.807, 2.05) is 0 Å². The Bertz CT molecular complexity index is 594. The van der Waals surface area contributed by atoms with Crippen LogP contribution in [0.4, 0.5) is 18.3 Å². The van der Waals surface area contributed by atoms with E-state index < -0.39 is 33.5 Å². The van der Waals surface area contributed by atoms with Crippen LogP contribution in [0.2, 0.25) is 0 Å². The molecule has 1 amide bonds. The van der Waals surface area contributed by atoms with Crippen molar-refractivity contribution in [2.75, 3.05) is 16.8 Å².